The number of hydrogen-bond acceptors (Lipinski definition) is 9. The minimum absolute atomic E-state index is 0.00465. The van der Waals surface area contributed by atoms with Gasteiger partial charge in [0.1, 0.15) is 28.3 Å². The minimum atomic E-state index is -4.39. The molecule has 0 saturated carbocycles. The average Bonchev–Trinajstić information content (AvgIpc) is 3.01. The summed E-state index contributed by atoms with van der Waals surface area (Å²) in [5.41, 5.74) is 2.23. The number of halogens is 1. The van der Waals surface area contributed by atoms with Crippen molar-refractivity contribution in [3.05, 3.63) is 114 Å². The number of rotatable bonds is 13. The summed E-state index contributed by atoms with van der Waals surface area (Å²) in [7, 11) is -7.33. The monoisotopic (exact) mass is 675 g/mol. The molecule has 0 bridgehead atoms. The maximum Gasteiger partial charge on any atom is 0.339 e. The zero-order valence-corrected chi connectivity index (χ0v) is 27.3. The van der Waals surface area contributed by atoms with Gasteiger partial charge in [-0.2, -0.15) is 12.7 Å². The number of hydrogen-bond donors (Lipinski definition) is 0. The van der Waals surface area contributed by atoms with Gasteiger partial charge in [0.2, 0.25) is 10.0 Å². The van der Waals surface area contributed by atoms with Crippen LogP contribution in [0.15, 0.2) is 107 Å². The van der Waals surface area contributed by atoms with Crippen molar-refractivity contribution in [3.63, 3.8) is 0 Å². The van der Waals surface area contributed by atoms with Crippen LogP contribution in [0, 0.1) is 13.8 Å². The molecule has 0 fully saturated rings. The van der Waals surface area contributed by atoms with Crippen molar-refractivity contribution in [3.8, 4) is 5.75 Å². The number of alkyl halides is 1. The van der Waals surface area contributed by atoms with Crippen molar-refractivity contribution in [2.45, 2.75) is 54.0 Å². The smallest absolute Gasteiger partial charge is 0.339 e. The van der Waals surface area contributed by atoms with Crippen LogP contribution in [0.25, 0.3) is 0 Å². The lowest BCUT2D eigenvalue weighted by Gasteiger charge is -2.38. The minimum Gasteiger partial charge on any atom is -0.468 e. The first-order chi connectivity index (χ1) is 21.3. The third kappa shape index (κ3) is 8.40. The first-order valence-electron chi connectivity index (χ1n) is 13.8. The summed E-state index contributed by atoms with van der Waals surface area (Å²) in [5, 5.41) is -0.731. The van der Waals surface area contributed by atoms with Crippen LogP contribution in [0.3, 0.4) is 0 Å². The summed E-state index contributed by atoms with van der Waals surface area (Å²) in [6, 6.07) is 16.9. The van der Waals surface area contributed by atoms with Crippen molar-refractivity contribution in [1.82, 2.24) is 4.31 Å². The molecule has 0 aromatic heterocycles. The SMILES string of the molecule is C=CCO[C@H]1O[C@H](N([C@@H](Cc2ccc(OS(=O)(=O)c3ccc(C)cc3)cc2)C(=O)OC)S(=O)(=O)c2ccc(C)cc2)C=C[C@@H]1Cl. The van der Waals surface area contributed by atoms with Crippen LogP contribution < -0.4 is 4.18 Å². The van der Waals surface area contributed by atoms with E-state index in [1.807, 2.05) is 13.8 Å². The maximum atomic E-state index is 14.2. The summed E-state index contributed by atoms with van der Waals surface area (Å²) in [5.74, 6) is -0.812. The third-order valence-corrected chi connectivity index (χ3v) is 10.4. The van der Waals surface area contributed by atoms with E-state index in [9.17, 15) is 21.6 Å². The van der Waals surface area contributed by atoms with E-state index in [4.69, 9.17) is 30.0 Å². The van der Waals surface area contributed by atoms with Gasteiger partial charge in [0, 0.05) is 0 Å². The molecular weight excluding hydrogens is 642 g/mol. The molecule has 0 radical (unpaired) electrons. The Bertz CT molecular complexity index is 1720. The molecule has 4 rings (SSSR count). The number of carbonyl (C=O) groups is 1. The Labute approximate surface area is 269 Å². The molecule has 0 saturated heterocycles. The Hall–Kier alpha value is -3.52. The standard InChI is InChI=1S/C32H34ClNO9S2/c1-5-20-41-32-28(33)18-19-30(42-32)34(44(36,37)26-14-6-22(2)7-15-26)29(31(35)40-4)21-24-10-12-25(13-11-24)43-45(38,39)27-16-8-23(3)9-17-27/h5-19,28-30,32H,1,20-21H2,2-4H3/t28-,29-,30-,32-/m0/s1. The second kappa shape index (κ2) is 14.7. The van der Waals surface area contributed by atoms with Crippen molar-refractivity contribution in [1.29, 1.82) is 0 Å². The molecule has 0 aliphatic carbocycles. The Morgan fingerprint density at radius 3 is 2.07 bits per heavy atom. The number of aryl methyl sites for hydroxylation is 2. The molecule has 1 aliphatic heterocycles. The zero-order chi connectivity index (χ0) is 32.8. The molecule has 0 spiro atoms. The fourth-order valence-electron chi connectivity index (χ4n) is 4.50. The quantitative estimate of drug-likeness (QED) is 0.108. The molecule has 3 aromatic carbocycles. The van der Waals surface area contributed by atoms with E-state index in [2.05, 4.69) is 6.58 Å². The lowest BCUT2D eigenvalue weighted by atomic mass is 10.1. The van der Waals surface area contributed by atoms with Crippen LogP contribution in [0.2, 0.25) is 0 Å². The highest BCUT2D eigenvalue weighted by molar-refractivity contribution is 7.89. The van der Waals surface area contributed by atoms with Gasteiger partial charge in [-0.25, -0.2) is 8.42 Å². The van der Waals surface area contributed by atoms with Gasteiger partial charge in [-0.15, -0.1) is 18.2 Å². The molecule has 0 unspecified atom stereocenters. The molecule has 0 N–H and O–H groups in total. The van der Waals surface area contributed by atoms with Gasteiger partial charge < -0.3 is 18.4 Å². The predicted octanol–water partition coefficient (Wildman–Crippen LogP) is 4.89. The Morgan fingerprint density at radius 2 is 1.51 bits per heavy atom. The fourth-order valence-corrected chi connectivity index (χ4v) is 7.26. The molecule has 3 aromatic rings. The molecule has 0 amide bonds. The van der Waals surface area contributed by atoms with Crippen LogP contribution in [0.4, 0.5) is 0 Å². The highest BCUT2D eigenvalue weighted by Crippen LogP contribution is 2.30. The molecule has 13 heteroatoms. The summed E-state index contributed by atoms with van der Waals surface area (Å²) in [4.78, 5) is 13.2. The lowest BCUT2D eigenvalue weighted by molar-refractivity contribution is -0.185. The predicted molar refractivity (Wildman–Crippen MR) is 169 cm³/mol. The molecule has 1 heterocycles. The van der Waals surface area contributed by atoms with Crippen molar-refractivity contribution in [2.24, 2.45) is 0 Å². The number of benzene rings is 3. The normalized spacial score (nSPS) is 19.2. The Kier molecular flexibility index (Phi) is 11.2. The van der Waals surface area contributed by atoms with E-state index >= 15 is 0 Å². The van der Waals surface area contributed by atoms with Crippen molar-refractivity contribution >= 4 is 37.7 Å². The summed E-state index contributed by atoms with van der Waals surface area (Å²) < 4.78 is 76.8. The van der Waals surface area contributed by atoms with Crippen LogP contribution in [-0.4, -0.2) is 64.8 Å². The van der Waals surface area contributed by atoms with Crippen molar-refractivity contribution in [2.75, 3.05) is 13.7 Å². The highest BCUT2D eigenvalue weighted by atomic mass is 35.5. The van der Waals surface area contributed by atoms with E-state index in [1.165, 1.54) is 66.8 Å². The number of methoxy groups -OCH3 is 1. The van der Waals surface area contributed by atoms with Crippen LogP contribution in [-0.2, 0) is 45.6 Å². The van der Waals surface area contributed by atoms with Gasteiger partial charge in [0.25, 0.3) is 0 Å². The topological polar surface area (TPSA) is 126 Å². The van der Waals surface area contributed by atoms with Crippen LogP contribution >= 0.6 is 11.6 Å². The second-order valence-electron chi connectivity index (χ2n) is 10.2. The molecular formula is C32H34ClNO9S2. The zero-order valence-electron chi connectivity index (χ0n) is 24.9. The number of ether oxygens (including phenoxy) is 3. The van der Waals surface area contributed by atoms with Gasteiger partial charge in [0.15, 0.2) is 6.29 Å². The maximum absolute atomic E-state index is 14.2. The van der Waals surface area contributed by atoms with E-state index in [1.54, 1.807) is 24.3 Å². The lowest BCUT2D eigenvalue weighted by Crippen LogP contribution is -2.54. The van der Waals surface area contributed by atoms with Gasteiger partial charge in [-0.05, 0) is 68.3 Å². The number of carbonyl (C=O) groups excluding carboxylic acids is 1. The van der Waals surface area contributed by atoms with Gasteiger partial charge in [0.05, 0.1) is 18.6 Å². The van der Waals surface area contributed by atoms with Crippen molar-refractivity contribution < 1.29 is 40.0 Å². The first kappa shape index (κ1) is 34.4. The fraction of sp³-hybridized carbons (Fsp3) is 0.281. The summed E-state index contributed by atoms with van der Waals surface area (Å²) >= 11 is 6.36. The van der Waals surface area contributed by atoms with Gasteiger partial charge in [-0.1, -0.05) is 59.7 Å². The number of sulfonamides is 1. The van der Waals surface area contributed by atoms with E-state index in [-0.39, 0.29) is 28.6 Å². The number of nitrogens with zero attached hydrogens (tertiary/aromatic N) is 1. The summed E-state index contributed by atoms with van der Waals surface area (Å²) in [6.07, 6.45) is 1.99. The Balaban J connectivity index is 1.68. The van der Waals surface area contributed by atoms with Crippen LogP contribution in [0.1, 0.15) is 16.7 Å². The average molecular weight is 676 g/mol. The number of esters is 1. The van der Waals surface area contributed by atoms with Crippen LogP contribution in [0.5, 0.6) is 5.75 Å². The van der Waals surface area contributed by atoms with E-state index in [0.29, 0.717) is 5.56 Å². The highest BCUT2D eigenvalue weighted by Gasteiger charge is 2.44. The third-order valence-electron chi connectivity index (χ3n) is 6.87. The van der Waals surface area contributed by atoms with E-state index < -0.39 is 50.0 Å². The summed E-state index contributed by atoms with van der Waals surface area (Å²) in [6.45, 7) is 7.36. The molecule has 240 valence electrons. The largest absolute Gasteiger partial charge is 0.468 e. The molecule has 1 aliphatic rings. The molecule has 10 nitrogen and oxygen atoms in total. The van der Waals surface area contributed by atoms with E-state index in [0.717, 1.165) is 22.5 Å². The van der Waals surface area contributed by atoms with Gasteiger partial charge >= 0.3 is 16.1 Å². The molecule has 45 heavy (non-hydrogen) atoms. The second-order valence-corrected chi connectivity index (χ2v) is 14.1. The molecule has 4 atom stereocenters. The first-order valence-corrected chi connectivity index (χ1v) is 17.1. The van der Waals surface area contributed by atoms with Gasteiger partial charge in [-0.3, -0.25) is 4.79 Å². The Morgan fingerprint density at radius 1 is 0.933 bits per heavy atom.